The minimum Gasteiger partial charge on any atom is -0.481 e. The number of rotatable bonds is 9. The lowest BCUT2D eigenvalue weighted by Crippen LogP contribution is -2.57. The van der Waals surface area contributed by atoms with Gasteiger partial charge in [0.25, 0.3) is 11.8 Å². The van der Waals surface area contributed by atoms with E-state index in [0.29, 0.717) is 6.42 Å². The van der Waals surface area contributed by atoms with Gasteiger partial charge in [-0.15, -0.1) is 0 Å². The van der Waals surface area contributed by atoms with E-state index < -0.39 is 40.0 Å². The second kappa shape index (κ2) is 11.9. The van der Waals surface area contributed by atoms with Gasteiger partial charge >= 0.3 is 5.97 Å². The molecule has 9 nitrogen and oxygen atoms in total. The number of nitrogens with zero attached hydrogens (tertiary/aromatic N) is 2. The van der Waals surface area contributed by atoms with E-state index in [1.807, 2.05) is 0 Å². The van der Waals surface area contributed by atoms with Gasteiger partial charge in [0.05, 0.1) is 22.2 Å². The van der Waals surface area contributed by atoms with E-state index >= 15 is 0 Å². The summed E-state index contributed by atoms with van der Waals surface area (Å²) < 4.78 is 27.0. The molecule has 35 heavy (non-hydrogen) atoms. The number of hydrogen-bond acceptors (Lipinski definition) is 5. The highest BCUT2D eigenvalue weighted by molar-refractivity contribution is 7.89. The summed E-state index contributed by atoms with van der Waals surface area (Å²) in [4.78, 5) is 39.6. The fraction of sp³-hybridized carbons (Fsp3) is 0.609. The number of carbonyl (C=O) groups excluding carboxylic acids is 2. The normalized spacial score (nSPS) is 20.5. The molecule has 0 spiro atoms. The van der Waals surface area contributed by atoms with Crippen LogP contribution >= 0.6 is 23.2 Å². The van der Waals surface area contributed by atoms with Crippen molar-refractivity contribution in [3.05, 3.63) is 33.8 Å². The summed E-state index contributed by atoms with van der Waals surface area (Å²) in [5, 5.41) is 12.6. The molecule has 1 aliphatic heterocycles. The van der Waals surface area contributed by atoms with Crippen LogP contribution in [0, 0.1) is 5.92 Å². The van der Waals surface area contributed by atoms with Crippen LogP contribution in [0.4, 0.5) is 0 Å². The number of halogens is 2. The predicted octanol–water partition coefficient (Wildman–Crippen LogP) is 3.36. The zero-order valence-electron chi connectivity index (χ0n) is 19.6. The predicted molar refractivity (Wildman–Crippen MR) is 133 cm³/mol. The number of carboxylic acids is 1. The minimum absolute atomic E-state index is 0.00708. The first-order chi connectivity index (χ1) is 16.5. The minimum atomic E-state index is -3.84. The molecule has 2 fully saturated rings. The van der Waals surface area contributed by atoms with Crippen molar-refractivity contribution in [2.75, 3.05) is 18.8 Å². The third-order valence-electron chi connectivity index (χ3n) is 6.55. The molecule has 0 radical (unpaired) electrons. The van der Waals surface area contributed by atoms with Crippen molar-refractivity contribution in [2.24, 2.45) is 5.92 Å². The molecule has 0 aromatic heterocycles. The number of nitrogens with one attached hydrogen (secondary N) is 1. The van der Waals surface area contributed by atoms with Crippen molar-refractivity contribution in [2.45, 2.75) is 64.1 Å². The summed E-state index contributed by atoms with van der Waals surface area (Å²) >= 11 is 12.0. The molecule has 2 N–H and O–H groups in total. The van der Waals surface area contributed by atoms with Crippen molar-refractivity contribution >= 4 is 51.0 Å². The lowest BCUT2D eigenvalue weighted by Gasteiger charge is -2.34. The fourth-order valence-electron chi connectivity index (χ4n) is 4.87. The van der Waals surface area contributed by atoms with Gasteiger partial charge in [-0.2, -0.15) is 4.31 Å². The maximum absolute atomic E-state index is 13.6. The number of carboxylic acid groups (broad SMARTS) is 1. The molecule has 194 valence electrons. The van der Waals surface area contributed by atoms with E-state index in [4.69, 9.17) is 23.2 Å². The lowest BCUT2D eigenvalue weighted by molar-refractivity contribution is -0.138. The number of aliphatic carboxylic acids is 1. The van der Waals surface area contributed by atoms with Gasteiger partial charge in [0, 0.05) is 24.7 Å². The highest BCUT2D eigenvalue weighted by atomic mass is 35.5. The zero-order valence-corrected chi connectivity index (χ0v) is 21.9. The Bertz CT molecular complexity index is 1060. The first-order valence-corrected chi connectivity index (χ1v) is 14.2. The van der Waals surface area contributed by atoms with E-state index in [0.717, 1.165) is 36.4 Å². The molecule has 2 aliphatic rings. The monoisotopic (exact) mass is 547 g/mol. The number of sulfonamides is 1. The van der Waals surface area contributed by atoms with Crippen LogP contribution < -0.4 is 5.32 Å². The van der Waals surface area contributed by atoms with Crippen LogP contribution in [-0.2, 0) is 19.6 Å². The average molecular weight is 548 g/mol. The summed E-state index contributed by atoms with van der Waals surface area (Å²) in [6, 6.07) is 3.64. The first-order valence-electron chi connectivity index (χ1n) is 11.8. The Hall–Kier alpha value is -1.88. The molecule has 2 unspecified atom stereocenters. The molecular weight excluding hydrogens is 517 g/mol. The molecular formula is C23H31Cl2N3O6S. The summed E-state index contributed by atoms with van der Waals surface area (Å²) in [6.45, 7) is 1.68. The Morgan fingerprint density at radius 1 is 1.11 bits per heavy atom. The molecule has 1 saturated heterocycles. The number of hydrogen-bond donors (Lipinski definition) is 2. The Balaban J connectivity index is 1.92. The second-order valence-electron chi connectivity index (χ2n) is 9.04. The SMILES string of the molecule is CCCS(=O)(=O)N1CCN(C(=O)c2ccc(Cl)c(Cl)c2)C1C(=O)NC(CC(=O)O)C1CCCCC1. The van der Waals surface area contributed by atoms with Gasteiger partial charge in [0.15, 0.2) is 6.17 Å². The standard InChI is InChI=1S/C23H31Cl2N3O6S/c1-2-12-35(33,34)28-11-10-27(23(32)16-8-9-17(24)18(25)13-16)22(28)21(31)26-19(14-20(29)30)15-6-4-3-5-7-15/h8-9,13,15,19,22H,2-7,10-12,14H2,1H3,(H,26,31)(H,29,30). The van der Waals surface area contributed by atoms with Gasteiger partial charge < -0.3 is 15.3 Å². The fourth-order valence-corrected chi connectivity index (χ4v) is 6.79. The molecule has 1 aliphatic carbocycles. The number of amides is 2. The second-order valence-corrected chi connectivity index (χ2v) is 11.9. The van der Waals surface area contributed by atoms with Crippen molar-refractivity contribution in [1.82, 2.24) is 14.5 Å². The average Bonchev–Trinajstić information content (AvgIpc) is 3.26. The molecule has 0 bridgehead atoms. The molecule has 2 atom stereocenters. The molecule has 3 rings (SSSR count). The number of carbonyl (C=O) groups is 3. The third-order valence-corrected chi connectivity index (χ3v) is 9.31. The Kier molecular flexibility index (Phi) is 9.42. The van der Waals surface area contributed by atoms with Crippen LogP contribution in [0.3, 0.4) is 0 Å². The maximum atomic E-state index is 13.6. The van der Waals surface area contributed by atoms with E-state index in [-0.39, 0.29) is 46.8 Å². The van der Waals surface area contributed by atoms with Gasteiger partial charge in [-0.25, -0.2) is 8.42 Å². The quantitative estimate of drug-likeness (QED) is 0.488. The zero-order chi connectivity index (χ0) is 25.8. The summed E-state index contributed by atoms with van der Waals surface area (Å²) in [5.74, 6) is -2.51. The number of benzene rings is 1. The smallest absolute Gasteiger partial charge is 0.305 e. The molecule has 1 aromatic rings. The van der Waals surface area contributed by atoms with Crippen LogP contribution in [0.5, 0.6) is 0 Å². The Morgan fingerprint density at radius 3 is 2.40 bits per heavy atom. The third kappa shape index (κ3) is 6.67. The van der Waals surface area contributed by atoms with E-state index in [2.05, 4.69) is 5.32 Å². The van der Waals surface area contributed by atoms with Gasteiger partial charge in [-0.3, -0.25) is 14.4 Å². The van der Waals surface area contributed by atoms with Gasteiger partial charge in [-0.05, 0) is 43.4 Å². The topological polar surface area (TPSA) is 124 Å². The molecule has 1 heterocycles. The molecule has 1 aromatic carbocycles. The Labute approximate surface area is 215 Å². The Morgan fingerprint density at radius 2 is 1.80 bits per heavy atom. The van der Waals surface area contributed by atoms with E-state index in [1.54, 1.807) is 6.92 Å². The van der Waals surface area contributed by atoms with Gasteiger partial charge in [0.1, 0.15) is 0 Å². The molecule has 1 saturated carbocycles. The summed E-state index contributed by atoms with van der Waals surface area (Å²) in [7, 11) is -3.84. The molecule has 12 heteroatoms. The maximum Gasteiger partial charge on any atom is 0.305 e. The van der Waals surface area contributed by atoms with E-state index in [9.17, 15) is 27.9 Å². The lowest BCUT2D eigenvalue weighted by atomic mass is 9.82. The largest absolute Gasteiger partial charge is 0.481 e. The van der Waals surface area contributed by atoms with Crippen molar-refractivity contribution in [1.29, 1.82) is 0 Å². The van der Waals surface area contributed by atoms with Crippen molar-refractivity contribution in [3.63, 3.8) is 0 Å². The highest BCUT2D eigenvalue weighted by Gasteiger charge is 2.46. The van der Waals surface area contributed by atoms with Crippen LogP contribution in [0.15, 0.2) is 18.2 Å². The first kappa shape index (κ1) is 27.7. The van der Waals surface area contributed by atoms with Crippen LogP contribution in [0.2, 0.25) is 10.0 Å². The van der Waals surface area contributed by atoms with E-state index in [1.165, 1.54) is 23.1 Å². The van der Waals surface area contributed by atoms with Gasteiger partial charge in [0.2, 0.25) is 10.0 Å². The summed E-state index contributed by atoms with van der Waals surface area (Å²) in [6.07, 6.45) is 3.16. The van der Waals surface area contributed by atoms with Crippen molar-refractivity contribution < 1.29 is 27.9 Å². The van der Waals surface area contributed by atoms with Crippen molar-refractivity contribution in [3.8, 4) is 0 Å². The highest BCUT2D eigenvalue weighted by Crippen LogP contribution is 2.30. The van der Waals surface area contributed by atoms with Crippen LogP contribution in [0.25, 0.3) is 0 Å². The van der Waals surface area contributed by atoms with Gasteiger partial charge in [-0.1, -0.05) is 49.4 Å². The van der Waals surface area contributed by atoms with Crippen LogP contribution in [0.1, 0.15) is 62.2 Å². The van der Waals surface area contributed by atoms with Crippen LogP contribution in [-0.4, -0.2) is 71.6 Å². The summed E-state index contributed by atoms with van der Waals surface area (Å²) in [5.41, 5.74) is 0.168. The molecule has 2 amide bonds.